The second-order valence-electron chi connectivity index (χ2n) is 7.87. The Hall–Kier alpha value is -3.54. The molecule has 0 atom stereocenters. The molecule has 6 heteroatoms. The van der Waals surface area contributed by atoms with E-state index >= 15 is 0 Å². The second-order valence-corrected chi connectivity index (χ2v) is 7.87. The number of rotatable bonds is 6. The van der Waals surface area contributed by atoms with Gasteiger partial charge in [0.2, 0.25) is 0 Å². The van der Waals surface area contributed by atoms with Crippen LogP contribution in [0.15, 0.2) is 60.7 Å². The SMILES string of the molecule is CC(C)OC(=O)c1ccc(-c2ccc(-c3ccc(C(=O)OC(C)C)c(F)c3)cc2)cc1F. The predicted octanol–water partition coefficient (Wildman–Crippen LogP) is 6.43. The maximum Gasteiger partial charge on any atom is 0.341 e. The number of benzene rings is 3. The lowest BCUT2D eigenvalue weighted by Gasteiger charge is -2.11. The van der Waals surface area contributed by atoms with Crippen LogP contribution in [0.3, 0.4) is 0 Å². The van der Waals surface area contributed by atoms with Gasteiger partial charge < -0.3 is 9.47 Å². The summed E-state index contributed by atoms with van der Waals surface area (Å²) in [5.41, 5.74) is 2.40. The minimum absolute atomic E-state index is 0.120. The number of hydrogen-bond acceptors (Lipinski definition) is 4. The van der Waals surface area contributed by atoms with Crippen LogP contribution in [0.4, 0.5) is 8.78 Å². The summed E-state index contributed by atoms with van der Waals surface area (Å²) in [6.07, 6.45) is -0.678. The average Bonchev–Trinajstić information content (AvgIpc) is 2.72. The highest BCUT2D eigenvalue weighted by atomic mass is 19.1. The van der Waals surface area contributed by atoms with Crippen LogP contribution in [0.1, 0.15) is 48.4 Å². The molecule has 0 aliphatic carbocycles. The molecule has 3 rings (SSSR count). The molecular weight excluding hydrogens is 414 g/mol. The van der Waals surface area contributed by atoms with Crippen molar-refractivity contribution < 1.29 is 27.8 Å². The molecule has 166 valence electrons. The summed E-state index contributed by atoms with van der Waals surface area (Å²) < 4.78 is 38.9. The molecule has 0 unspecified atom stereocenters. The highest BCUT2D eigenvalue weighted by Gasteiger charge is 2.17. The first-order valence-electron chi connectivity index (χ1n) is 10.3. The lowest BCUT2D eigenvalue weighted by Crippen LogP contribution is -2.13. The number of ether oxygens (including phenoxy) is 2. The van der Waals surface area contributed by atoms with Crippen molar-refractivity contribution in [1.29, 1.82) is 0 Å². The molecule has 0 spiro atoms. The second kappa shape index (κ2) is 9.73. The summed E-state index contributed by atoms with van der Waals surface area (Å²) in [5.74, 6) is -2.74. The van der Waals surface area contributed by atoms with Crippen LogP contribution in [0.2, 0.25) is 0 Å². The van der Waals surface area contributed by atoms with E-state index in [1.54, 1.807) is 64.1 Å². The van der Waals surface area contributed by atoms with Gasteiger partial charge in [-0.25, -0.2) is 18.4 Å². The zero-order valence-electron chi connectivity index (χ0n) is 18.3. The number of halogens is 2. The minimum atomic E-state index is -0.706. The van der Waals surface area contributed by atoms with Crippen molar-refractivity contribution >= 4 is 11.9 Å². The van der Waals surface area contributed by atoms with Gasteiger partial charge in [0.15, 0.2) is 0 Å². The Morgan fingerprint density at radius 3 is 1.19 bits per heavy atom. The number of carbonyl (C=O) groups is 2. The molecule has 32 heavy (non-hydrogen) atoms. The van der Waals surface area contributed by atoms with Crippen molar-refractivity contribution in [3.8, 4) is 22.3 Å². The number of esters is 2. The van der Waals surface area contributed by atoms with Gasteiger partial charge in [0, 0.05) is 0 Å². The minimum Gasteiger partial charge on any atom is -0.459 e. The van der Waals surface area contributed by atoms with Crippen molar-refractivity contribution in [3.63, 3.8) is 0 Å². The molecule has 0 aliphatic heterocycles. The highest BCUT2D eigenvalue weighted by Crippen LogP contribution is 2.28. The zero-order chi connectivity index (χ0) is 23.4. The molecule has 0 saturated carbocycles. The first-order valence-corrected chi connectivity index (χ1v) is 10.3. The summed E-state index contributed by atoms with van der Waals surface area (Å²) in [7, 11) is 0. The van der Waals surface area contributed by atoms with Gasteiger partial charge in [0.25, 0.3) is 0 Å². The van der Waals surface area contributed by atoms with Crippen LogP contribution in [-0.2, 0) is 9.47 Å². The highest BCUT2D eigenvalue weighted by molar-refractivity contribution is 5.91. The normalized spacial score (nSPS) is 11.0. The third-order valence-corrected chi connectivity index (χ3v) is 4.62. The molecule has 0 amide bonds. The lowest BCUT2D eigenvalue weighted by atomic mass is 9.98. The molecule has 0 radical (unpaired) electrons. The van der Waals surface area contributed by atoms with Crippen molar-refractivity contribution in [2.24, 2.45) is 0 Å². The summed E-state index contributed by atoms with van der Waals surface area (Å²) >= 11 is 0. The van der Waals surface area contributed by atoms with Crippen molar-refractivity contribution in [2.45, 2.75) is 39.9 Å². The van der Waals surface area contributed by atoms with Gasteiger partial charge in [-0.3, -0.25) is 0 Å². The molecule has 3 aromatic carbocycles. The molecule has 0 fully saturated rings. The van der Waals surface area contributed by atoms with Crippen LogP contribution < -0.4 is 0 Å². The van der Waals surface area contributed by atoms with Gasteiger partial charge in [-0.05, 0) is 74.2 Å². The van der Waals surface area contributed by atoms with Gasteiger partial charge in [-0.1, -0.05) is 36.4 Å². The van der Waals surface area contributed by atoms with E-state index in [0.717, 1.165) is 11.1 Å². The molecule has 0 aromatic heterocycles. The van der Waals surface area contributed by atoms with Crippen LogP contribution in [0, 0.1) is 11.6 Å². The molecule has 0 N–H and O–H groups in total. The molecule has 0 bridgehead atoms. The molecule has 3 aromatic rings. The van der Waals surface area contributed by atoms with Gasteiger partial charge in [-0.2, -0.15) is 0 Å². The van der Waals surface area contributed by atoms with E-state index in [1.807, 2.05) is 0 Å². The van der Waals surface area contributed by atoms with E-state index in [9.17, 15) is 18.4 Å². The van der Waals surface area contributed by atoms with Gasteiger partial charge in [-0.15, -0.1) is 0 Å². The number of hydrogen-bond donors (Lipinski definition) is 0. The smallest absolute Gasteiger partial charge is 0.341 e. The maximum absolute atomic E-state index is 14.4. The van der Waals surface area contributed by atoms with E-state index in [0.29, 0.717) is 11.1 Å². The summed E-state index contributed by atoms with van der Waals surface area (Å²) in [4.78, 5) is 23.9. The Morgan fingerprint density at radius 1 is 0.594 bits per heavy atom. The van der Waals surface area contributed by atoms with E-state index < -0.39 is 23.6 Å². The fraction of sp³-hybridized carbons (Fsp3) is 0.231. The average molecular weight is 438 g/mol. The summed E-state index contributed by atoms with van der Waals surface area (Å²) in [5, 5.41) is 0. The Bertz CT molecular complexity index is 1040. The summed E-state index contributed by atoms with van der Waals surface area (Å²) in [6.45, 7) is 6.79. The predicted molar refractivity (Wildman–Crippen MR) is 118 cm³/mol. The molecule has 0 aliphatic rings. The van der Waals surface area contributed by atoms with Gasteiger partial charge in [0.1, 0.15) is 11.6 Å². The Morgan fingerprint density at radius 2 is 0.906 bits per heavy atom. The third-order valence-electron chi connectivity index (χ3n) is 4.62. The van der Waals surface area contributed by atoms with Crippen LogP contribution >= 0.6 is 0 Å². The number of carbonyl (C=O) groups excluding carboxylic acids is 2. The largest absolute Gasteiger partial charge is 0.459 e. The van der Waals surface area contributed by atoms with E-state index in [-0.39, 0.29) is 23.3 Å². The first kappa shape index (κ1) is 23.1. The standard InChI is InChI=1S/C26H24F2O4/c1-15(2)31-25(29)21-11-9-19(13-23(21)27)17-5-7-18(8-6-17)20-10-12-22(24(28)14-20)26(30)32-16(3)4/h5-16H,1-4H3. The monoisotopic (exact) mass is 438 g/mol. The van der Waals surface area contributed by atoms with E-state index in [1.165, 1.54) is 24.3 Å². The van der Waals surface area contributed by atoms with Crippen molar-refractivity contribution in [3.05, 3.63) is 83.4 Å². The Balaban J connectivity index is 1.81. The fourth-order valence-corrected chi connectivity index (χ4v) is 3.13. The Kier molecular flexibility index (Phi) is 7.03. The molecule has 0 saturated heterocycles. The van der Waals surface area contributed by atoms with Gasteiger partial charge in [0.05, 0.1) is 23.3 Å². The van der Waals surface area contributed by atoms with Crippen LogP contribution in [0.25, 0.3) is 22.3 Å². The summed E-state index contributed by atoms with van der Waals surface area (Å²) in [6, 6.07) is 15.7. The molecule has 0 heterocycles. The topological polar surface area (TPSA) is 52.6 Å². The van der Waals surface area contributed by atoms with E-state index in [4.69, 9.17) is 9.47 Å². The van der Waals surface area contributed by atoms with Crippen molar-refractivity contribution in [2.75, 3.05) is 0 Å². The maximum atomic E-state index is 14.4. The zero-order valence-corrected chi connectivity index (χ0v) is 18.3. The molecule has 4 nitrogen and oxygen atoms in total. The van der Waals surface area contributed by atoms with Gasteiger partial charge >= 0.3 is 11.9 Å². The third kappa shape index (κ3) is 5.38. The lowest BCUT2D eigenvalue weighted by molar-refractivity contribution is 0.0361. The molecular formula is C26H24F2O4. The first-order chi connectivity index (χ1) is 15.2. The van der Waals surface area contributed by atoms with E-state index in [2.05, 4.69) is 0 Å². The quantitative estimate of drug-likeness (QED) is 0.416. The van der Waals surface area contributed by atoms with Crippen LogP contribution in [-0.4, -0.2) is 24.1 Å². The van der Waals surface area contributed by atoms with Crippen LogP contribution in [0.5, 0.6) is 0 Å². The fourth-order valence-electron chi connectivity index (χ4n) is 3.13. The van der Waals surface area contributed by atoms with Crippen molar-refractivity contribution in [1.82, 2.24) is 0 Å². The Labute approximate surface area is 185 Å².